The molecule has 0 unspecified atom stereocenters. The lowest BCUT2D eigenvalue weighted by Gasteiger charge is -1.99. The van der Waals surface area contributed by atoms with Gasteiger partial charge in [-0.3, -0.25) is 0 Å². The fraction of sp³-hybridized carbons (Fsp3) is 0.333. The summed E-state index contributed by atoms with van der Waals surface area (Å²) in [6.45, 7) is 1.82. The van der Waals surface area contributed by atoms with E-state index in [9.17, 15) is 4.79 Å². The summed E-state index contributed by atoms with van der Waals surface area (Å²) in [6, 6.07) is 3.60. The Bertz CT molecular complexity index is 438. The zero-order valence-electron chi connectivity index (χ0n) is 8.49. The van der Waals surface area contributed by atoms with Gasteiger partial charge < -0.3 is 4.74 Å². The van der Waals surface area contributed by atoms with Gasteiger partial charge in [-0.05, 0) is 31.4 Å². The molecule has 0 spiro atoms. The van der Waals surface area contributed by atoms with Gasteiger partial charge in [-0.15, -0.1) is 0 Å². The van der Waals surface area contributed by atoms with Gasteiger partial charge in [-0.25, -0.2) is 9.78 Å². The van der Waals surface area contributed by atoms with Gasteiger partial charge in [0.05, 0.1) is 0 Å². The number of hydrogen-bond donors (Lipinski definition) is 0. The first-order valence-electron chi connectivity index (χ1n) is 4.90. The standard InChI is InChI=1S/C12H11NO2/c1-9-3-2-7-13-11(9)12(14)15-8-6-10-4-5-10/h2-3,7,10H,4-5H2,1H3. The van der Waals surface area contributed by atoms with Crippen molar-refractivity contribution >= 4 is 5.97 Å². The molecule has 2 rings (SSSR count). The fourth-order valence-corrected chi connectivity index (χ4v) is 1.13. The summed E-state index contributed by atoms with van der Waals surface area (Å²) in [4.78, 5) is 15.4. The van der Waals surface area contributed by atoms with Crippen molar-refractivity contribution in [1.82, 2.24) is 4.98 Å². The highest BCUT2D eigenvalue weighted by Crippen LogP contribution is 2.27. The van der Waals surface area contributed by atoms with Crippen molar-refractivity contribution in [3.05, 3.63) is 29.6 Å². The highest BCUT2D eigenvalue weighted by atomic mass is 16.5. The third-order valence-electron chi connectivity index (χ3n) is 2.19. The minimum atomic E-state index is -0.471. The first-order valence-corrected chi connectivity index (χ1v) is 4.90. The molecule has 1 aromatic rings. The predicted octanol–water partition coefficient (Wildman–Crippen LogP) is 1.92. The summed E-state index contributed by atoms with van der Waals surface area (Å²) in [5.41, 5.74) is 1.14. The predicted molar refractivity (Wildman–Crippen MR) is 54.9 cm³/mol. The number of rotatable bonds is 1. The molecule has 3 heteroatoms. The summed E-state index contributed by atoms with van der Waals surface area (Å²) < 4.78 is 4.80. The van der Waals surface area contributed by atoms with Crippen molar-refractivity contribution in [3.63, 3.8) is 0 Å². The molecule has 0 aromatic carbocycles. The first-order chi connectivity index (χ1) is 7.27. The van der Waals surface area contributed by atoms with E-state index in [0.29, 0.717) is 11.6 Å². The quantitative estimate of drug-likeness (QED) is 0.514. The topological polar surface area (TPSA) is 39.2 Å². The number of hydrogen-bond acceptors (Lipinski definition) is 3. The molecule has 3 nitrogen and oxygen atoms in total. The van der Waals surface area contributed by atoms with Crippen molar-refractivity contribution in [2.75, 3.05) is 0 Å². The van der Waals surface area contributed by atoms with Crippen LogP contribution in [0.15, 0.2) is 18.3 Å². The van der Waals surface area contributed by atoms with Gasteiger partial charge in [0, 0.05) is 12.1 Å². The van der Waals surface area contributed by atoms with Gasteiger partial charge in [0.15, 0.2) is 5.69 Å². The van der Waals surface area contributed by atoms with Crippen LogP contribution in [0.1, 0.15) is 28.9 Å². The fourth-order valence-electron chi connectivity index (χ4n) is 1.13. The Labute approximate surface area is 88.5 Å². The molecular weight excluding hydrogens is 190 g/mol. The summed E-state index contributed by atoms with van der Waals surface area (Å²) in [5, 5.41) is 0. The summed E-state index contributed by atoms with van der Waals surface area (Å²) in [6.07, 6.45) is 6.24. The SMILES string of the molecule is Cc1cccnc1C(=O)OC#CC1CC1. The molecule has 1 aliphatic carbocycles. The number of esters is 1. The lowest BCUT2D eigenvalue weighted by atomic mass is 10.2. The van der Waals surface area contributed by atoms with Crippen LogP contribution in [0.3, 0.4) is 0 Å². The number of aromatic nitrogens is 1. The van der Waals surface area contributed by atoms with Crippen LogP contribution in [0.25, 0.3) is 0 Å². The number of aryl methyl sites for hydroxylation is 1. The van der Waals surface area contributed by atoms with Crippen LogP contribution < -0.4 is 0 Å². The molecule has 0 amide bonds. The van der Waals surface area contributed by atoms with Gasteiger partial charge in [0.25, 0.3) is 0 Å². The molecule has 0 aliphatic heterocycles. The van der Waals surface area contributed by atoms with Crippen LogP contribution in [-0.2, 0) is 4.74 Å². The molecule has 76 valence electrons. The maximum Gasteiger partial charge on any atom is 0.371 e. The third-order valence-corrected chi connectivity index (χ3v) is 2.19. The smallest absolute Gasteiger partial charge is 0.367 e. The van der Waals surface area contributed by atoms with Gasteiger partial charge in [-0.2, -0.15) is 0 Å². The molecule has 1 saturated carbocycles. The van der Waals surface area contributed by atoms with Gasteiger partial charge in [-0.1, -0.05) is 12.0 Å². The van der Waals surface area contributed by atoms with Gasteiger partial charge in [0.1, 0.15) is 6.11 Å². The number of carbonyl (C=O) groups excluding carboxylic acids is 1. The van der Waals surface area contributed by atoms with Crippen LogP contribution >= 0.6 is 0 Å². The van der Waals surface area contributed by atoms with Crippen molar-refractivity contribution < 1.29 is 9.53 Å². The molecule has 0 bridgehead atoms. The Morgan fingerprint density at radius 3 is 3.07 bits per heavy atom. The Kier molecular flexibility index (Phi) is 2.68. The monoisotopic (exact) mass is 201 g/mol. The van der Waals surface area contributed by atoms with Crippen LogP contribution in [0.2, 0.25) is 0 Å². The summed E-state index contributed by atoms with van der Waals surface area (Å²) in [7, 11) is 0. The minimum Gasteiger partial charge on any atom is -0.367 e. The highest BCUT2D eigenvalue weighted by Gasteiger charge is 2.18. The van der Waals surface area contributed by atoms with Gasteiger partial charge >= 0.3 is 5.97 Å². The zero-order chi connectivity index (χ0) is 10.7. The van der Waals surface area contributed by atoms with E-state index in [0.717, 1.165) is 18.4 Å². The summed E-state index contributed by atoms with van der Waals surface area (Å²) in [5.74, 6) is 2.82. The molecule has 0 saturated heterocycles. The van der Waals surface area contributed by atoms with E-state index in [1.54, 1.807) is 12.3 Å². The van der Waals surface area contributed by atoms with E-state index in [1.165, 1.54) is 0 Å². The Morgan fingerprint density at radius 2 is 2.40 bits per heavy atom. The van der Waals surface area contributed by atoms with Crippen LogP contribution in [0, 0.1) is 24.9 Å². The van der Waals surface area contributed by atoms with E-state index in [-0.39, 0.29) is 0 Å². The number of nitrogens with zero attached hydrogens (tertiary/aromatic N) is 1. The number of ether oxygens (including phenoxy) is 1. The largest absolute Gasteiger partial charge is 0.371 e. The van der Waals surface area contributed by atoms with Gasteiger partial charge in [0.2, 0.25) is 0 Å². The van der Waals surface area contributed by atoms with Crippen molar-refractivity contribution in [2.45, 2.75) is 19.8 Å². The second-order valence-corrected chi connectivity index (χ2v) is 3.58. The van der Waals surface area contributed by atoms with Crippen LogP contribution in [0.5, 0.6) is 0 Å². The number of pyridine rings is 1. The van der Waals surface area contributed by atoms with Crippen LogP contribution in [-0.4, -0.2) is 11.0 Å². The van der Waals surface area contributed by atoms with E-state index >= 15 is 0 Å². The Balaban J connectivity index is 2.02. The Hall–Kier alpha value is -1.82. The number of carbonyl (C=O) groups is 1. The highest BCUT2D eigenvalue weighted by molar-refractivity contribution is 5.89. The normalized spacial score (nSPS) is 13.9. The maximum absolute atomic E-state index is 11.5. The molecule has 0 atom stereocenters. The van der Waals surface area contributed by atoms with E-state index in [1.807, 2.05) is 13.0 Å². The average Bonchev–Trinajstić information content (AvgIpc) is 3.02. The lowest BCUT2D eigenvalue weighted by Crippen LogP contribution is -2.05. The first kappa shape index (κ1) is 9.72. The molecule has 1 aliphatic rings. The van der Waals surface area contributed by atoms with Crippen molar-refractivity contribution in [2.24, 2.45) is 5.92 Å². The molecule has 15 heavy (non-hydrogen) atoms. The minimum absolute atomic E-state index is 0.336. The molecular formula is C12H11NO2. The second kappa shape index (κ2) is 4.14. The summed E-state index contributed by atoms with van der Waals surface area (Å²) >= 11 is 0. The zero-order valence-corrected chi connectivity index (χ0v) is 8.49. The van der Waals surface area contributed by atoms with Crippen molar-refractivity contribution in [3.8, 4) is 12.0 Å². The van der Waals surface area contributed by atoms with E-state index in [2.05, 4.69) is 17.0 Å². The molecule has 1 heterocycles. The van der Waals surface area contributed by atoms with E-state index in [4.69, 9.17) is 4.74 Å². The molecule has 0 radical (unpaired) electrons. The third kappa shape index (κ3) is 2.57. The second-order valence-electron chi connectivity index (χ2n) is 3.58. The molecule has 0 N–H and O–H groups in total. The molecule has 1 fully saturated rings. The molecule has 1 aromatic heterocycles. The van der Waals surface area contributed by atoms with E-state index < -0.39 is 5.97 Å². The van der Waals surface area contributed by atoms with Crippen molar-refractivity contribution in [1.29, 1.82) is 0 Å². The maximum atomic E-state index is 11.5. The average molecular weight is 201 g/mol. The van der Waals surface area contributed by atoms with Crippen LogP contribution in [0.4, 0.5) is 0 Å². The lowest BCUT2D eigenvalue weighted by molar-refractivity contribution is 0.0683. The Morgan fingerprint density at radius 1 is 1.60 bits per heavy atom.